The van der Waals surface area contributed by atoms with Crippen LogP contribution in [0.25, 0.3) is 11.3 Å². The lowest BCUT2D eigenvalue weighted by molar-refractivity contribution is -0.385. The summed E-state index contributed by atoms with van der Waals surface area (Å²) in [6.07, 6.45) is -1.12. The first kappa shape index (κ1) is 20.6. The molecule has 8 nitrogen and oxygen atoms in total. The summed E-state index contributed by atoms with van der Waals surface area (Å²) in [5.41, 5.74) is 1.34. The van der Waals surface area contributed by atoms with Crippen LogP contribution in [0.4, 0.5) is 10.8 Å². The minimum Gasteiger partial charge on any atom is -0.449 e. The molecule has 0 saturated heterocycles. The van der Waals surface area contributed by atoms with Crippen molar-refractivity contribution in [2.75, 3.05) is 5.32 Å². The monoisotopic (exact) mass is 475 g/mol. The van der Waals surface area contributed by atoms with Crippen molar-refractivity contribution in [3.05, 3.63) is 74.1 Å². The van der Waals surface area contributed by atoms with E-state index in [0.717, 1.165) is 17.3 Å². The van der Waals surface area contributed by atoms with Gasteiger partial charge in [0.05, 0.1) is 20.7 Å². The Hall–Kier alpha value is -3.11. The van der Waals surface area contributed by atoms with Gasteiger partial charge < -0.3 is 4.74 Å². The lowest BCUT2D eigenvalue weighted by Gasteiger charge is -2.12. The second kappa shape index (κ2) is 8.93. The predicted molar refractivity (Wildman–Crippen MR) is 112 cm³/mol. The van der Waals surface area contributed by atoms with Crippen LogP contribution in [0.5, 0.6) is 0 Å². The highest BCUT2D eigenvalue weighted by atomic mass is 79.9. The van der Waals surface area contributed by atoms with Crippen molar-refractivity contribution in [1.29, 1.82) is 0 Å². The fourth-order valence-corrected chi connectivity index (χ4v) is 3.46. The number of esters is 1. The summed E-state index contributed by atoms with van der Waals surface area (Å²) in [6, 6.07) is 13.3. The first-order chi connectivity index (χ1) is 13.8. The van der Waals surface area contributed by atoms with Crippen LogP contribution in [0.2, 0.25) is 0 Å². The number of rotatable bonds is 6. The molecule has 1 N–H and O–H groups in total. The second-order valence-corrected chi connectivity index (χ2v) is 7.58. The summed E-state index contributed by atoms with van der Waals surface area (Å²) in [7, 11) is 0. The molecule has 29 heavy (non-hydrogen) atoms. The predicted octanol–water partition coefficient (Wildman–Crippen LogP) is 4.66. The van der Waals surface area contributed by atoms with E-state index in [4.69, 9.17) is 4.74 Å². The zero-order chi connectivity index (χ0) is 21.0. The van der Waals surface area contributed by atoms with E-state index in [2.05, 4.69) is 26.2 Å². The summed E-state index contributed by atoms with van der Waals surface area (Å²) >= 11 is 4.29. The molecule has 0 aliphatic rings. The standard InChI is InChI=1S/C19H14BrN3O5S/c1-11(28-18(25)13-7-8-14(20)16(9-13)23(26)27)17(24)22-19-21-15(10-29-19)12-5-3-2-4-6-12/h2-11H,1H3,(H,21,22,24)/t11-/m1/s1. The zero-order valence-electron chi connectivity index (χ0n) is 15.0. The summed E-state index contributed by atoms with van der Waals surface area (Å²) in [5.74, 6) is -1.40. The molecule has 3 rings (SSSR count). The molecular weight excluding hydrogens is 462 g/mol. The van der Waals surface area contributed by atoms with Crippen LogP contribution >= 0.6 is 27.3 Å². The molecular formula is C19H14BrN3O5S. The summed E-state index contributed by atoms with van der Waals surface area (Å²) in [5, 5.41) is 15.8. The molecule has 0 spiro atoms. The van der Waals surface area contributed by atoms with Crippen LogP contribution in [0.1, 0.15) is 17.3 Å². The first-order valence-corrected chi connectivity index (χ1v) is 9.99. The Bertz CT molecular complexity index is 1070. The highest BCUT2D eigenvalue weighted by Gasteiger charge is 2.22. The Morgan fingerprint density at radius 2 is 1.97 bits per heavy atom. The van der Waals surface area contributed by atoms with Gasteiger partial charge >= 0.3 is 5.97 Å². The minimum atomic E-state index is -1.12. The van der Waals surface area contributed by atoms with Gasteiger partial charge in [-0.1, -0.05) is 30.3 Å². The third kappa shape index (κ3) is 5.04. The molecule has 0 unspecified atom stereocenters. The molecule has 0 aliphatic heterocycles. The SMILES string of the molecule is C[C@@H](OC(=O)c1ccc(Br)c([N+](=O)[O-])c1)C(=O)Nc1nc(-c2ccccc2)cs1. The van der Waals surface area contributed by atoms with Crippen LogP contribution in [-0.4, -0.2) is 27.9 Å². The molecule has 0 fully saturated rings. The molecule has 0 aliphatic carbocycles. The maximum Gasteiger partial charge on any atom is 0.339 e. The number of anilines is 1. The van der Waals surface area contributed by atoms with Gasteiger partial charge in [0.2, 0.25) is 0 Å². The Kier molecular flexibility index (Phi) is 6.35. The van der Waals surface area contributed by atoms with Gasteiger partial charge in [0.1, 0.15) is 0 Å². The van der Waals surface area contributed by atoms with Gasteiger partial charge in [0, 0.05) is 17.0 Å². The second-order valence-electron chi connectivity index (χ2n) is 5.86. The molecule has 1 aromatic heterocycles. The van der Waals surface area contributed by atoms with Crippen molar-refractivity contribution in [1.82, 2.24) is 4.98 Å². The average molecular weight is 476 g/mol. The molecule has 1 heterocycles. The van der Waals surface area contributed by atoms with Crippen LogP contribution in [-0.2, 0) is 9.53 Å². The number of hydrogen-bond donors (Lipinski definition) is 1. The minimum absolute atomic E-state index is 0.0276. The molecule has 0 bridgehead atoms. The fraction of sp³-hybridized carbons (Fsp3) is 0.105. The van der Waals surface area contributed by atoms with E-state index in [-0.39, 0.29) is 15.7 Å². The van der Waals surface area contributed by atoms with Crippen molar-refractivity contribution < 1.29 is 19.2 Å². The molecule has 3 aromatic rings. The topological polar surface area (TPSA) is 111 Å². The van der Waals surface area contributed by atoms with Gasteiger partial charge in [-0.3, -0.25) is 20.2 Å². The van der Waals surface area contributed by atoms with E-state index >= 15 is 0 Å². The third-order valence-corrected chi connectivity index (χ3v) is 5.26. The smallest absolute Gasteiger partial charge is 0.339 e. The van der Waals surface area contributed by atoms with E-state index in [1.54, 1.807) is 0 Å². The van der Waals surface area contributed by atoms with Crippen LogP contribution in [0.3, 0.4) is 0 Å². The number of nitro benzene ring substituents is 1. The van der Waals surface area contributed by atoms with Gasteiger partial charge in [0.25, 0.3) is 11.6 Å². The molecule has 0 saturated carbocycles. The van der Waals surface area contributed by atoms with Gasteiger partial charge in [-0.25, -0.2) is 9.78 Å². The molecule has 1 amide bonds. The molecule has 0 radical (unpaired) electrons. The van der Waals surface area contributed by atoms with Crippen molar-refractivity contribution in [2.45, 2.75) is 13.0 Å². The molecule has 1 atom stereocenters. The normalized spacial score (nSPS) is 11.5. The number of amides is 1. The molecule has 148 valence electrons. The van der Waals surface area contributed by atoms with Crippen molar-refractivity contribution in [2.24, 2.45) is 0 Å². The van der Waals surface area contributed by atoms with Gasteiger partial charge in [0.15, 0.2) is 11.2 Å². The van der Waals surface area contributed by atoms with E-state index in [9.17, 15) is 19.7 Å². The Labute approximate surface area is 177 Å². The fourth-order valence-electron chi connectivity index (χ4n) is 2.34. The number of nitrogens with one attached hydrogen (secondary N) is 1. The number of ether oxygens (including phenoxy) is 1. The highest BCUT2D eigenvalue weighted by molar-refractivity contribution is 9.10. The quantitative estimate of drug-likeness (QED) is 0.315. The lowest BCUT2D eigenvalue weighted by atomic mass is 10.2. The Balaban J connectivity index is 1.64. The zero-order valence-corrected chi connectivity index (χ0v) is 17.4. The number of halogens is 1. The Morgan fingerprint density at radius 1 is 1.24 bits per heavy atom. The first-order valence-electron chi connectivity index (χ1n) is 8.32. The summed E-state index contributed by atoms with van der Waals surface area (Å²) in [4.78, 5) is 39.3. The number of benzene rings is 2. The van der Waals surface area contributed by atoms with Gasteiger partial charge in [-0.15, -0.1) is 11.3 Å². The van der Waals surface area contributed by atoms with E-state index in [0.29, 0.717) is 5.13 Å². The number of nitrogens with zero attached hydrogens (tertiary/aromatic N) is 2. The van der Waals surface area contributed by atoms with Crippen molar-refractivity contribution >= 4 is 50.0 Å². The lowest BCUT2D eigenvalue weighted by Crippen LogP contribution is -2.30. The van der Waals surface area contributed by atoms with E-state index in [1.807, 2.05) is 35.7 Å². The van der Waals surface area contributed by atoms with Crippen LogP contribution < -0.4 is 5.32 Å². The van der Waals surface area contributed by atoms with Crippen LogP contribution in [0.15, 0.2) is 58.4 Å². The maximum absolute atomic E-state index is 12.3. The molecule has 2 aromatic carbocycles. The van der Waals surface area contributed by atoms with E-state index in [1.165, 1.54) is 30.4 Å². The Morgan fingerprint density at radius 3 is 2.66 bits per heavy atom. The third-order valence-electron chi connectivity index (χ3n) is 3.84. The number of aromatic nitrogens is 1. The van der Waals surface area contributed by atoms with Gasteiger partial charge in [-0.2, -0.15) is 0 Å². The maximum atomic E-state index is 12.3. The highest BCUT2D eigenvalue weighted by Crippen LogP contribution is 2.27. The largest absolute Gasteiger partial charge is 0.449 e. The summed E-state index contributed by atoms with van der Waals surface area (Å²) < 4.78 is 5.36. The number of carbonyl (C=O) groups is 2. The summed E-state index contributed by atoms with van der Waals surface area (Å²) in [6.45, 7) is 1.41. The number of hydrogen-bond acceptors (Lipinski definition) is 7. The van der Waals surface area contributed by atoms with Crippen molar-refractivity contribution in [3.8, 4) is 11.3 Å². The number of carbonyl (C=O) groups excluding carboxylic acids is 2. The number of thiazole rings is 1. The van der Waals surface area contributed by atoms with E-state index < -0.39 is 22.9 Å². The number of nitro groups is 1. The van der Waals surface area contributed by atoms with Crippen molar-refractivity contribution in [3.63, 3.8) is 0 Å². The van der Waals surface area contributed by atoms with Crippen LogP contribution in [0, 0.1) is 10.1 Å². The molecule has 10 heteroatoms. The average Bonchev–Trinajstić information content (AvgIpc) is 3.17. The van der Waals surface area contributed by atoms with Gasteiger partial charge in [-0.05, 0) is 35.0 Å².